The largest absolute Gasteiger partial charge is 0.497 e. The highest BCUT2D eigenvalue weighted by molar-refractivity contribution is 7.92. The summed E-state index contributed by atoms with van der Waals surface area (Å²) >= 11 is 6.13. The number of carbonyl (C=O) groups is 2. The Kier molecular flexibility index (Phi) is 11.6. The van der Waals surface area contributed by atoms with Gasteiger partial charge >= 0.3 is 0 Å². The molecule has 1 saturated carbocycles. The maximum atomic E-state index is 14.3. The summed E-state index contributed by atoms with van der Waals surface area (Å²) in [7, 11) is 0.112. The first kappa shape index (κ1) is 33.9. The summed E-state index contributed by atoms with van der Waals surface area (Å²) in [5.74, 6) is 0.426. The van der Waals surface area contributed by atoms with Gasteiger partial charge in [0.2, 0.25) is 11.8 Å². The minimum Gasteiger partial charge on any atom is -0.497 e. The fraction of sp³-hybridized carbons (Fsp3) is 0.394. The van der Waals surface area contributed by atoms with Gasteiger partial charge in [-0.25, -0.2) is 8.42 Å². The van der Waals surface area contributed by atoms with E-state index in [0.717, 1.165) is 35.6 Å². The van der Waals surface area contributed by atoms with Crippen molar-refractivity contribution in [2.45, 2.75) is 62.6 Å². The second kappa shape index (κ2) is 15.4. The molecule has 1 N–H and O–H groups in total. The third-order valence-electron chi connectivity index (χ3n) is 7.94. The Morgan fingerprint density at radius 2 is 1.56 bits per heavy atom. The standard InChI is InChI=1S/C33H40ClN3O7S/c1-5-29(33(39)35-25-8-6-7-9-25)36(21-23-10-16-27(42-2)17-11-23)32(38)22-37(26-14-12-24(34)13-15-26)45(40,41)28-18-19-30(43-3)31(20-28)44-4/h10-20,25,29H,5-9,21-22H2,1-4H3,(H,35,39). The molecule has 1 atom stereocenters. The summed E-state index contributed by atoms with van der Waals surface area (Å²) in [6.45, 7) is 1.36. The number of nitrogens with zero attached hydrogens (tertiary/aromatic N) is 2. The van der Waals surface area contributed by atoms with Gasteiger partial charge < -0.3 is 24.4 Å². The Hall–Kier alpha value is -3.96. The van der Waals surface area contributed by atoms with Crippen molar-refractivity contribution in [1.82, 2.24) is 10.2 Å². The van der Waals surface area contributed by atoms with Crippen molar-refractivity contribution in [2.24, 2.45) is 0 Å². The van der Waals surface area contributed by atoms with Crippen LogP contribution in [0.2, 0.25) is 5.02 Å². The Bertz CT molecular complexity index is 1560. The summed E-state index contributed by atoms with van der Waals surface area (Å²) in [6, 6.07) is 16.8. The fourth-order valence-electron chi connectivity index (χ4n) is 5.45. The molecule has 0 saturated heterocycles. The number of sulfonamides is 1. The maximum absolute atomic E-state index is 14.3. The van der Waals surface area contributed by atoms with Crippen molar-refractivity contribution >= 4 is 39.1 Å². The number of benzene rings is 3. The van der Waals surface area contributed by atoms with Gasteiger partial charge in [-0.3, -0.25) is 13.9 Å². The first-order chi connectivity index (χ1) is 21.6. The molecule has 0 spiro atoms. The number of rotatable bonds is 14. The SMILES string of the molecule is CCC(C(=O)NC1CCCC1)N(Cc1ccc(OC)cc1)C(=O)CN(c1ccc(Cl)cc1)S(=O)(=O)c1ccc(OC)c(OC)c1. The van der Waals surface area contributed by atoms with E-state index < -0.39 is 28.5 Å². The van der Waals surface area contributed by atoms with Gasteiger partial charge in [-0.2, -0.15) is 0 Å². The van der Waals surface area contributed by atoms with Crippen LogP contribution in [0, 0.1) is 0 Å². The molecule has 4 rings (SSSR count). The van der Waals surface area contributed by atoms with Gasteiger partial charge in [-0.1, -0.05) is 43.5 Å². The number of carbonyl (C=O) groups excluding carboxylic acids is 2. The van der Waals surface area contributed by atoms with Gasteiger partial charge in [0.25, 0.3) is 10.0 Å². The lowest BCUT2D eigenvalue weighted by Gasteiger charge is -2.34. The maximum Gasteiger partial charge on any atom is 0.264 e. The molecule has 0 bridgehead atoms. The minimum absolute atomic E-state index is 0.0560. The highest BCUT2D eigenvalue weighted by atomic mass is 35.5. The molecule has 12 heteroatoms. The van der Waals surface area contributed by atoms with Gasteiger partial charge in [0, 0.05) is 23.7 Å². The summed E-state index contributed by atoms with van der Waals surface area (Å²) in [4.78, 5) is 29.3. The van der Waals surface area contributed by atoms with Crippen LogP contribution in [0.5, 0.6) is 17.2 Å². The average Bonchev–Trinajstić information content (AvgIpc) is 3.56. The molecule has 1 aliphatic rings. The number of hydrogen-bond acceptors (Lipinski definition) is 7. The zero-order valence-corrected chi connectivity index (χ0v) is 27.6. The number of anilines is 1. The molecule has 3 aromatic rings. The van der Waals surface area contributed by atoms with Crippen molar-refractivity contribution in [3.05, 3.63) is 77.3 Å². The number of halogens is 1. The topological polar surface area (TPSA) is 114 Å². The van der Waals surface area contributed by atoms with Gasteiger partial charge in [0.15, 0.2) is 11.5 Å². The quantitative estimate of drug-likeness (QED) is 0.246. The van der Waals surface area contributed by atoms with Gasteiger partial charge in [-0.05, 0) is 73.4 Å². The van der Waals surface area contributed by atoms with Crippen LogP contribution in [0.15, 0.2) is 71.6 Å². The third-order valence-corrected chi connectivity index (χ3v) is 9.96. The van der Waals surface area contributed by atoms with E-state index in [0.29, 0.717) is 22.9 Å². The van der Waals surface area contributed by atoms with Crippen molar-refractivity contribution < 1.29 is 32.2 Å². The predicted octanol–water partition coefficient (Wildman–Crippen LogP) is 5.43. The van der Waals surface area contributed by atoms with Gasteiger partial charge in [0.1, 0.15) is 18.3 Å². The average molecular weight is 658 g/mol. The smallest absolute Gasteiger partial charge is 0.264 e. The molecule has 1 fully saturated rings. The molecule has 3 aromatic carbocycles. The molecule has 10 nitrogen and oxygen atoms in total. The van der Waals surface area contributed by atoms with E-state index in [2.05, 4.69) is 5.32 Å². The van der Waals surface area contributed by atoms with Gasteiger partial charge in [0.05, 0.1) is 31.9 Å². The summed E-state index contributed by atoms with van der Waals surface area (Å²) < 4.78 is 45.4. The van der Waals surface area contributed by atoms with E-state index in [9.17, 15) is 18.0 Å². The van der Waals surface area contributed by atoms with Crippen LogP contribution >= 0.6 is 11.6 Å². The Labute approximate surface area is 270 Å². The Morgan fingerprint density at radius 3 is 2.13 bits per heavy atom. The highest BCUT2D eigenvalue weighted by Gasteiger charge is 2.35. The van der Waals surface area contributed by atoms with Crippen LogP contribution < -0.4 is 23.8 Å². The van der Waals surface area contributed by atoms with Crippen molar-refractivity contribution in [3.63, 3.8) is 0 Å². The monoisotopic (exact) mass is 657 g/mol. The van der Waals surface area contributed by atoms with E-state index in [1.165, 1.54) is 49.5 Å². The van der Waals surface area contributed by atoms with E-state index >= 15 is 0 Å². The second-order valence-electron chi connectivity index (χ2n) is 10.8. The van der Waals surface area contributed by atoms with E-state index in [-0.39, 0.29) is 34.8 Å². The van der Waals surface area contributed by atoms with Crippen LogP contribution in [0.4, 0.5) is 5.69 Å². The lowest BCUT2D eigenvalue weighted by molar-refractivity contribution is -0.140. The zero-order valence-electron chi connectivity index (χ0n) is 26.0. The summed E-state index contributed by atoms with van der Waals surface area (Å²) in [5.41, 5.74) is 0.993. The van der Waals surface area contributed by atoms with Crippen molar-refractivity contribution in [3.8, 4) is 17.2 Å². The minimum atomic E-state index is -4.32. The van der Waals surface area contributed by atoms with E-state index in [4.69, 9.17) is 25.8 Å². The Balaban J connectivity index is 1.73. The zero-order chi connectivity index (χ0) is 32.6. The number of nitrogens with one attached hydrogen (secondary N) is 1. The molecule has 242 valence electrons. The lowest BCUT2D eigenvalue weighted by Crippen LogP contribution is -2.53. The molecule has 2 amide bonds. The second-order valence-corrected chi connectivity index (χ2v) is 13.1. The molecular formula is C33H40ClN3O7S. The molecule has 1 aliphatic carbocycles. The fourth-order valence-corrected chi connectivity index (χ4v) is 7.01. The number of amides is 2. The predicted molar refractivity (Wildman–Crippen MR) is 174 cm³/mol. The normalized spacial score (nSPS) is 14.0. The summed E-state index contributed by atoms with van der Waals surface area (Å²) in [6.07, 6.45) is 4.20. The van der Waals surface area contributed by atoms with Crippen LogP contribution in [0.1, 0.15) is 44.6 Å². The number of methoxy groups -OCH3 is 3. The first-order valence-electron chi connectivity index (χ1n) is 14.8. The third kappa shape index (κ3) is 8.20. The molecule has 0 radical (unpaired) electrons. The van der Waals surface area contributed by atoms with Crippen LogP contribution in [-0.4, -0.2) is 65.1 Å². The molecule has 45 heavy (non-hydrogen) atoms. The Morgan fingerprint density at radius 1 is 0.911 bits per heavy atom. The van der Waals surface area contributed by atoms with E-state index in [1.807, 2.05) is 19.1 Å². The van der Waals surface area contributed by atoms with Crippen LogP contribution in [0.3, 0.4) is 0 Å². The molecule has 1 unspecified atom stereocenters. The van der Waals surface area contributed by atoms with Crippen LogP contribution in [-0.2, 0) is 26.2 Å². The van der Waals surface area contributed by atoms with Crippen LogP contribution in [0.25, 0.3) is 0 Å². The highest BCUT2D eigenvalue weighted by Crippen LogP contribution is 2.33. The number of ether oxygens (including phenoxy) is 3. The van der Waals surface area contributed by atoms with Crippen molar-refractivity contribution in [2.75, 3.05) is 32.2 Å². The molecule has 0 heterocycles. The molecule has 0 aliphatic heterocycles. The van der Waals surface area contributed by atoms with Gasteiger partial charge in [-0.15, -0.1) is 0 Å². The van der Waals surface area contributed by atoms with E-state index in [1.54, 1.807) is 31.4 Å². The molecule has 0 aromatic heterocycles. The van der Waals surface area contributed by atoms with Crippen molar-refractivity contribution in [1.29, 1.82) is 0 Å². The summed E-state index contributed by atoms with van der Waals surface area (Å²) in [5, 5.41) is 3.52. The number of hydrogen-bond donors (Lipinski definition) is 1. The molecular weight excluding hydrogens is 618 g/mol. The lowest BCUT2D eigenvalue weighted by atomic mass is 10.1. The first-order valence-corrected chi connectivity index (χ1v) is 16.7.